The number of rotatable bonds is 1. The number of hydrogen-bond donors (Lipinski definition) is 1. The van der Waals surface area contributed by atoms with E-state index in [0.29, 0.717) is 5.82 Å². The minimum Gasteiger partial charge on any atom is -0.368 e. The summed E-state index contributed by atoms with van der Waals surface area (Å²) in [6.07, 6.45) is 3.50. The molecule has 1 aromatic heterocycles. The average molecular weight is 196 g/mol. The van der Waals surface area contributed by atoms with Crippen molar-refractivity contribution in [1.29, 1.82) is 0 Å². The standard InChI is InChI=1S/C9H13FN4/c10-7-6-8(13-9(11)12-7)14-4-2-1-3-5-14/h6H,1-5H2,(H2,11,12,13). The van der Waals surface area contributed by atoms with Crippen LogP contribution in [0.5, 0.6) is 0 Å². The van der Waals surface area contributed by atoms with Crippen molar-refractivity contribution in [1.82, 2.24) is 9.97 Å². The fraction of sp³-hybridized carbons (Fsp3) is 0.556. The third kappa shape index (κ3) is 1.92. The van der Waals surface area contributed by atoms with Crippen molar-refractivity contribution in [2.75, 3.05) is 23.7 Å². The van der Waals surface area contributed by atoms with Gasteiger partial charge >= 0.3 is 0 Å². The molecule has 4 nitrogen and oxygen atoms in total. The van der Waals surface area contributed by atoms with Crippen LogP contribution >= 0.6 is 0 Å². The molecule has 5 heteroatoms. The van der Waals surface area contributed by atoms with Gasteiger partial charge in [-0.05, 0) is 19.3 Å². The molecule has 0 bridgehead atoms. The lowest BCUT2D eigenvalue weighted by molar-refractivity contribution is 0.559. The SMILES string of the molecule is Nc1nc(F)cc(N2CCCCC2)n1. The van der Waals surface area contributed by atoms with E-state index in [1.807, 2.05) is 4.90 Å². The first kappa shape index (κ1) is 9.18. The number of nitrogens with zero attached hydrogens (tertiary/aromatic N) is 3. The Morgan fingerprint density at radius 3 is 2.57 bits per heavy atom. The summed E-state index contributed by atoms with van der Waals surface area (Å²) in [4.78, 5) is 9.46. The van der Waals surface area contributed by atoms with Crippen molar-refractivity contribution in [2.24, 2.45) is 0 Å². The molecular weight excluding hydrogens is 183 g/mol. The van der Waals surface area contributed by atoms with E-state index in [2.05, 4.69) is 9.97 Å². The maximum Gasteiger partial charge on any atom is 0.224 e. The van der Waals surface area contributed by atoms with Crippen molar-refractivity contribution in [2.45, 2.75) is 19.3 Å². The summed E-state index contributed by atoms with van der Waals surface area (Å²) in [5.41, 5.74) is 5.38. The molecule has 76 valence electrons. The van der Waals surface area contributed by atoms with Gasteiger partial charge in [-0.1, -0.05) is 0 Å². The summed E-state index contributed by atoms with van der Waals surface area (Å²) in [5, 5.41) is 0. The second-order valence-corrected chi connectivity index (χ2v) is 3.45. The minimum atomic E-state index is -0.557. The van der Waals surface area contributed by atoms with E-state index in [1.165, 1.54) is 12.5 Å². The molecule has 1 saturated heterocycles. The smallest absolute Gasteiger partial charge is 0.224 e. The van der Waals surface area contributed by atoms with Crippen LogP contribution in [0.4, 0.5) is 16.2 Å². The maximum atomic E-state index is 12.9. The summed E-state index contributed by atoms with van der Waals surface area (Å²) >= 11 is 0. The van der Waals surface area contributed by atoms with Crippen molar-refractivity contribution in [3.8, 4) is 0 Å². The van der Waals surface area contributed by atoms with Crippen LogP contribution in [0.1, 0.15) is 19.3 Å². The van der Waals surface area contributed by atoms with E-state index in [4.69, 9.17) is 5.73 Å². The first-order chi connectivity index (χ1) is 6.75. The van der Waals surface area contributed by atoms with Crippen LogP contribution in [0.15, 0.2) is 6.07 Å². The molecule has 0 unspecified atom stereocenters. The minimum absolute atomic E-state index is 0.00516. The van der Waals surface area contributed by atoms with Gasteiger partial charge in [0.1, 0.15) is 5.82 Å². The molecule has 2 heterocycles. The van der Waals surface area contributed by atoms with E-state index in [-0.39, 0.29) is 5.95 Å². The molecular formula is C9H13FN4. The number of piperidine rings is 1. The number of nitrogen functional groups attached to an aromatic ring is 1. The first-order valence-corrected chi connectivity index (χ1v) is 4.81. The maximum absolute atomic E-state index is 12.9. The van der Waals surface area contributed by atoms with E-state index in [1.54, 1.807) is 0 Å². The van der Waals surface area contributed by atoms with Gasteiger partial charge in [-0.3, -0.25) is 0 Å². The zero-order valence-electron chi connectivity index (χ0n) is 7.91. The summed E-state index contributed by atoms with van der Waals surface area (Å²) in [5.74, 6) is 0.0540. The highest BCUT2D eigenvalue weighted by molar-refractivity contribution is 5.41. The lowest BCUT2D eigenvalue weighted by Gasteiger charge is -2.27. The number of hydrogen-bond acceptors (Lipinski definition) is 4. The first-order valence-electron chi connectivity index (χ1n) is 4.81. The van der Waals surface area contributed by atoms with Gasteiger partial charge in [0.05, 0.1) is 0 Å². The lowest BCUT2D eigenvalue weighted by Crippen LogP contribution is -2.30. The van der Waals surface area contributed by atoms with Gasteiger partial charge in [0.25, 0.3) is 0 Å². The van der Waals surface area contributed by atoms with Crippen LogP contribution in [0.3, 0.4) is 0 Å². The molecule has 2 N–H and O–H groups in total. The van der Waals surface area contributed by atoms with Crippen LogP contribution < -0.4 is 10.6 Å². The third-order valence-corrected chi connectivity index (χ3v) is 2.38. The number of nitrogens with two attached hydrogens (primary N) is 1. The average Bonchev–Trinajstić information content (AvgIpc) is 2.18. The van der Waals surface area contributed by atoms with E-state index >= 15 is 0 Å². The van der Waals surface area contributed by atoms with Crippen molar-refractivity contribution < 1.29 is 4.39 Å². The third-order valence-electron chi connectivity index (χ3n) is 2.38. The summed E-state index contributed by atoms with van der Waals surface area (Å²) in [6, 6.07) is 1.34. The highest BCUT2D eigenvalue weighted by Gasteiger charge is 2.13. The molecule has 0 saturated carbocycles. The van der Waals surface area contributed by atoms with Gasteiger partial charge in [0.2, 0.25) is 11.9 Å². The zero-order valence-corrected chi connectivity index (χ0v) is 7.91. The number of aromatic nitrogens is 2. The van der Waals surface area contributed by atoms with Crippen LogP contribution in [-0.4, -0.2) is 23.1 Å². The molecule has 0 aliphatic carbocycles. The predicted octanol–water partition coefficient (Wildman–Crippen LogP) is 1.19. The Balaban J connectivity index is 2.21. The molecule has 1 aliphatic rings. The van der Waals surface area contributed by atoms with Crippen molar-refractivity contribution >= 4 is 11.8 Å². The van der Waals surface area contributed by atoms with Crippen molar-refractivity contribution in [3.05, 3.63) is 12.0 Å². The van der Waals surface area contributed by atoms with Crippen LogP contribution in [0.2, 0.25) is 0 Å². The molecule has 1 aliphatic heterocycles. The Hall–Kier alpha value is -1.39. The monoisotopic (exact) mass is 196 g/mol. The van der Waals surface area contributed by atoms with Crippen LogP contribution in [0, 0.1) is 5.95 Å². The van der Waals surface area contributed by atoms with E-state index in [9.17, 15) is 4.39 Å². The molecule has 0 spiro atoms. The molecule has 1 aromatic rings. The van der Waals surface area contributed by atoms with Crippen LogP contribution in [0.25, 0.3) is 0 Å². The Morgan fingerprint density at radius 1 is 1.21 bits per heavy atom. The van der Waals surface area contributed by atoms with Gasteiger partial charge in [-0.25, -0.2) is 0 Å². The van der Waals surface area contributed by atoms with Gasteiger partial charge in [-0.2, -0.15) is 14.4 Å². The number of anilines is 2. The largest absolute Gasteiger partial charge is 0.368 e. The zero-order chi connectivity index (χ0) is 9.97. The molecule has 0 atom stereocenters. The fourth-order valence-electron chi connectivity index (χ4n) is 1.71. The number of halogens is 1. The Labute approximate surface area is 82.0 Å². The predicted molar refractivity (Wildman–Crippen MR) is 52.5 cm³/mol. The Morgan fingerprint density at radius 2 is 1.93 bits per heavy atom. The quantitative estimate of drug-likeness (QED) is 0.685. The molecule has 0 radical (unpaired) electrons. The second-order valence-electron chi connectivity index (χ2n) is 3.45. The fourth-order valence-corrected chi connectivity index (χ4v) is 1.71. The molecule has 1 fully saturated rings. The van der Waals surface area contributed by atoms with Gasteiger partial charge in [-0.15, -0.1) is 0 Å². The summed E-state index contributed by atoms with van der Waals surface area (Å²) in [6.45, 7) is 1.85. The highest BCUT2D eigenvalue weighted by Crippen LogP contribution is 2.18. The Kier molecular flexibility index (Phi) is 2.47. The van der Waals surface area contributed by atoms with E-state index in [0.717, 1.165) is 25.9 Å². The van der Waals surface area contributed by atoms with Crippen LogP contribution in [-0.2, 0) is 0 Å². The molecule has 0 amide bonds. The summed E-state index contributed by atoms with van der Waals surface area (Å²) in [7, 11) is 0. The molecule has 2 rings (SSSR count). The highest BCUT2D eigenvalue weighted by atomic mass is 19.1. The normalized spacial score (nSPS) is 17.1. The summed E-state index contributed by atoms with van der Waals surface area (Å²) < 4.78 is 12.9. The lowest BCUT2D eigenvalue weighted by atomic mass is 10.1. The topological polar surface area (TPSA) is 55.0 Å². The van der Waals surface area contributed by atoms with E-state index < -0.39 is 5.95 Å². The van der Waals surface area contributed by atoms with Crippen molar-refractivity contribution in [3.63, 3.8) is 0 Å². The Bertz CT molecular complexity index is 302. The van der Waals surface area contributed by atoms with Gasteiger partial charge < -0.3 is 10.6 Å². The second kappa shape index (κ2) is 3.77. The molecule has 14 heavy (non-hydrogen) atoms. The van der Waals surface area contributed by atoms with Gasteiger partial charge in [0.15, 0.2) is 0 Å². The van der Waals surface area contributed by atoms with Gasteiger partial charge in [0, 0.05) is 19.2 Å². The molecule has 0 aromatic carbocycles.